The molecule has 0 aliphatic heterocycles. The summed E-state index contributed by atoms with van der Waals surface area (Å²) in [6.45, 7) is 3.97. The van der Waals surface area contributed by atoms with Crippen LogP contribution < -0.4 is 9.62 Å². The maximum Gasteiger partial charge on any atom is 0.417 e. The number of carbonyl (C=O) groups excluding carboxylic acids is 2. The minimum Gasteiger partial charge on any atom is -0.352 e. The van der Waals surface area contributed by atoms with Crippen LogP contribution in [0.5, 0.6) is 0 Å². The first-order valence-corrected chi connectivity index (χ1v) is 14.8. The van der Waals surface area contributed by atoms with Gasteiger partial charge < -0.3 is 10.2 Å². The van der Waals surface area contributed by atoms with Crippen LogP contribution in [0.3, 0.4) is 0 Å². The molecule has 226 valence electrons. The van der Waals surface area contributed by atoms with Gasteiger partial charge in [0.1, 0.15) is 18.4 Å². The van der Waals surface area contributed by atoms with Gasteiger partial charge in [0.05, 0.1) is 21.2 Å². The largest absolute Gasteiger partial charge is 0.417 e. The first kappa shape index (κ1) is 32.9. The minimum absolute atomic E-state index is 0.135. The van der Waals surface area contributed by atoms with Crippen molar-refractivity contribution < 1.29 is 35.6 Å². The number of halogens is 5. The van der Waals surface area contributed by atoms with Gasteiger partial charge in [0.25, 0.3) is 10.0 Å². The highest BCUT2D eigenvalue weighted by atomic mass is 35.5. The van der Waals surface area contributed by atoms with E-state index < -0.39 is 62.7 Å². The molecule has 3 aromatic rings. The van der Waals surface area contributed by atoms with E-state index in [0.717, 1.165) is 17.0 Å². The predicted molar refractivity (Wildman–Crippen MR) is 152 cm³/mol. The first-order chi connectivity index (χ1) is 19.6. The maximum absolute atomic E-state index is 13.9. The molecule has 1 atom stereocenters. The number of hydrogen-bond acceptors (Lipinski definition) is 4. The Kier molecular flexibility index (Phi) is 10.6. The molecule has 0 fully saturated rings. The Labute approximate surface area is 247 Å². The summed E-state index contributed by atoms with van der Waals surface area (Å²) in [6.07, 6.45) is -4.77. The van der Waals surface area contributed by atoms with E-state index in [0.29, 0.717) is 15.9 Å². The fourth-order valence-corrected chi connectivity index (χ4v) is 5.87. The Balaban J connectivity index is 2.13. The van der Waals surface area contributed by atoms with E-state index in [9.17, 15) is 35.6 Å². The van der Waals surface area contributed by atoms with Gasteiger partial charge in [-0.25, -0.2) is 12.8 Å². The average molecular weight is 628 g/mol. The van der Waals surface area contributed by atoms with Crippen LogP contribution in [0.4, 0.5) is 23.2 Å². The summed E-state index contributed by atoms with van der Waals surface area (Å²) in [6, 6.07) is 13.3. The van der Waals surface area contributed by atoms with Crippen molar-refractivity contribution in [2.75, 3.05) is 10.8 Å². The lowest BCUT2D eigenvalue weighted by Gasteiger charge is -2.33. The minimum atomic E-state index is -4.91. The summed E-state index contributed by atoms with van der Waals surface area (Å²) in [5, 5.41) is 2.08. The van der Waals surface area contributed by atoms with Crippen LogP contribution in [0.1, 0.15) is 38.3 Å². The molecule has 0 saturated carbocycles. The van der Waals surface area contributed by atoms with E-state index in [2.05, 4.69) is 5.32 Å². The van der Waals surface area contributed by atoms with Crippen LogP contribution in [0.2, 0.25) is 5.02 Å². The molecule has 0 unspecified atom stereocenters. The number of hydrogen-bond donors (Lipinski definition) is 1. The Morgan fingerprint density at radius 2 is 1.60 bits per heavy atom. The van der Waals surface area contributed by atoms with Gasteiger partial charge >= 0.3 is 6.18 Å². The molecular weight excluding hydrogens is 598 g/mol. The van der Waals surface area contributed by atoms with Crippen molar-refractivity contribution in [1.29, 1.82) is 0 Å². The Bertz CT molecular complexity index is 1500. The third kappa shape index (κ3) is 8.01. The predicted octanol–water partition coefficient (Wildman–Crippen LogP) is 6.03. The van der Waals surface area contributed by atoms with Crippen molar-refractivity contribution in [3.8, 4) is 0 Å². The lowest BCUT2D eigenvalue weighted by molar-refractivity contribution is -0.140. The van der Waals surface area contributed by atoms with Crippen LogP contribution in [0.15, 0.2) is 77.7 Å². The second-order valence-electron chi connectivity index (χ2n) is 9.72. The number of carbonyl (C=O) groups is 2. The highest BCUT2D eigenvalue weighted by molar-refractivity contribution is 7.92. The molecule has 3 rings (SSSR count). The zero-order chi connectivity index (χ0) is 31.2. The summed E-state index contributed by atoms with van der Waals surface area (Å²) >= 11 is 5.78. The Morgan fingerprint density at radius 3 is 2.14 bits per heavy atom. The molecule has 1 N–H and O–H groups in total. The van der Waals surface area contributed by atoms with Gasteiger partial charge in [-0.1, -0.05) is 48.9 Å². The molecule has 0 aliphatic rings. The van der Waals surface area contributed by atoms with E-state index in [1.807, 2.05) is 0 Å². The molecule has 3 aromatic carbocycles. The molecule has 0 heterocycles. The van der Waals surface area contributed by atoms with Gasteiger partial charge in [0.2, 0.25) is 11.8 Å². The van der Waals surface area contributed by atoms with Gasteiger partial charge in [-0.3, -0.25) is 13.9 Å². The summed E-state index contributed by atoms with van der Waals surface area (Å²) in [7, 11) is -4.58. The highest BCUT2D eigenvalue weighted by Gasteiger charge is 2.37. The zero-order valence-electron chi connectivity index (χ0n) is 23.0. The number of anilines is 1. The molecule has 0 spiro atoms. The summed E-state index contributed by atoms with van der Waals surface area (Å²) in [5.74, 6) is -1.90. The van der Waals surface area contributed by atoms with Gasteiger partial charge in [0, 0.05) is 12.6 Å². The van der Waals surface area contributed by atoms with Crippen molar-refractivity contribution in [3.05, 3.63) is 94.8 Å². The average Bonchev–Trinajstić information content (AvgIpc) is 2.92. The van der Waals surface area contributed by atoms with Crippen molar-refractivity contribution in [2.45, 2.75) is 56.9 Å². The van der Waals surface area contributed by atoms with E-state index >= 15 is 0 Å². The maximum atomic E-state index is 13.9. The standard InChI is InChI=1S/C29H30ClF4N3O4S/c1-4-26(28(39)35-19(2)3)36(17-20-10-12-21(31)13-11-20)27(38)18-37(42(40,41)23-8-6-5-7-9-23)22-14-15-25(30)24(16-22)29(32,33)34/h5-16,19,26H,4,17-18H2,1-3H3,(H,35,39)/t26-/m1/s1. The zero-order valence-corrected chi connectivity index (χ0v) is 24.6. The molecule has 42 heavy (non-hydrogen) atoms. The van der Waals surface area contributed by atoms with Crippen LogP contribution >= 0.6 is 11.6 Å². The van der Waals surface area contributed by atoms with Crippen molar-refractivity contribution in [3.63, 3.8) is 0 Å². The monoisotopic (exact) mass is 627 g/mol. The van der Waals surface area contributed by atoms with E-state index in [4.69, 9.17) is 11.6 Å². The van der Waals surface area contributed by atoms with Crippen molar-refractivity contribution in [2.24, 2.45) is 0 Å². The molecule has 13 heteroatoms. The summed E-state index contributed by atoms with van der Waals surface area (Å²) in [5.41, 5.74) is -1.29. The second kappa shape index (κ2) is 13.6. The van der Waals surface area contributed by atoms with Crippen LogP contribution in [-0.4, -0.2) is 43.8 Å². The fraction of sp³-hybridized carbons (Fsp3) is 0.310. The first-order valence-electron chi connectivity index (χ1n) is 12.9. The van der Waals surface area contributed by atoms with Crippen LogP contribution in [0, 0.1) is 5.82 Å². The number of alkyl halides is 3. The van der Waals surface area contributed by atoms with Gasteiger partial charge in [-0.2, -0.15) is 13.2 Å². The van der Waals surface area contributed by atoms with Gasteiger partial charge in [-0.15, -0.1) is 0 Å². The number of sulfonamides is 1. The van der Waals surface area contributed by atoms with E-state index in [1.165, 1.54) is 48.5 Å². The molecule has 0 aliphatic carbocycles. The Morgan fingerprint density at radius 1 is 0.976 bits per heavy atom. The normalized spacial score (nSPS) is 12.6. The van der Waals surface area contributed by atoms with Gasteiger partial charge in [0.15, 0.2) is 0 Å². The molecule has 2 amide bonds. The lowest BCUT2D eigenvalue weighted by Crippen LogP contribution is -2.53. The third-order valence-corrected chi connectivity index (χ3v) is 8.35. The van der Waals surface area contributed by atoms with Gasteiger partial charge in [-0.05, 0) is 68.3 Å². The van der Waals surface area contributed by atoms with Crippen molar-refractivity contribution in [1.82, 2.24) is 10.2 Å². The SMILES string of the molecule is CC[C@H](C(=O)NC(C)C)N(Cc1ccc(F)cc1)C(=O)CN(c1ccc(Cl)c(C(F)(F)F)c1)S(=O)(=O)c1ccccc1. The fourth-order valence-electron chi connectivity index (χ4n) is 4.22. The number of nitrogens with zero attached hydrogens (tertiary/aromatic N) is 2. The van der Waals surface area contributed by atoms with Crippen LogP contribution in [0.25, 0.3) is 0 Å². The molecule has 0 aromatic heterocycles. The lowest BCUT2D eigenvalue weighted by atomic mass is 10.1. The summed E-state index contributed by atoms with van der Waals surface area (Å²) in [4.78, 5) is 27.9. The Hall–Kier alpha value is -3.64. The molecule has 0 radical (unpaired) electrons. The third-order valence-electron chi connectivity index (χ3n) is 6.24. The number of amides is 2. The molecular formula is C29H30ClF4N3O4S. The topological polar surface area (TPSA) is 86.8 Å². The molecule has 0 saturated heterocycles. The number of benzene rings is 3. The van der Waals surface area contributed by atoms with Crippen molar-refractivity contribution >= 4 is 39.1 Å². The number of rotatable bonds is 11. The summed E-state index contributed by atoms with van der Waals surface area (Å²) < 4.78 is 82.8. The molecule has 0 bridgehead atoms. The second-order valence-corrected chi connectivity index (χ2v) is 12.0. The van der Waals surface area contributed by atoms with Crippen LogP contribution in [-0.2, 0) is 32.3 Å². The van der Waals surface area contributed by atoms with E-state index in [1.54, 1.807) is 26.8 Å². The smallest absolute Gasteiger partial charge is 0.352 e. The number of nitrogens with one attached hydrogen (secondary N) is 1. The molecule has 7 nitrogen and oxygen atoms in total. The van der Waals surface area contributed by atoms with E-state index in [-0.39, 0.29) is 23.9 Å². The quantitative estimate of drug-likeness (QED) is 0.263. The highest BCUT2D eigenvalue weighted by Crippen LogP contribution is 2.38.